The number of nitrogens with two attached hydrogens (primary N) is 1. The van der Waals surface area contributed by atoms with Gasteiger partial charge in [-0.15, -0.1) is 0 Å². The van der Waals surface area contributed by atoms with Crippen LogP contribution >= 0.6 is 0 Å². The van der Waals surface area contributed by atoms with Crippen LogP contribution in [0.25, 0.3) is 0 Å². The second-order valence-corrected chi connectivity index (χ2v) is 5.14. The molecule has 0 saturated heterocycles. The molecule has 0 aromatic heterocycles. The van der Waals surface area contributed by atoms with Gasteiger partial charge in [0.15, 0.2) is 0 Å². The normalized spacial score (nSPS) is 11.6. The zero-order chi connectivity index (χ0) is 17.5. The number of nitrogens with one attached hydrogen (secondary N) is 1. The van der Waals surface area contributed by atoms with E-state index in [9.17, 15) is 14.9 Å². The van der Waals surface area contributed by atoms with Crippen LogP contribution in [0.1, 0.15) is 11.1 Å². The largest absolute Gasteiger partial charge is 0.489 e. The minimum atomic E-state index is -0.832. The van der Waals surface area contributed by atoms with Gasteiger partial charge in [-0.1, -0.05) is 12.1 Å². The maximum atomic E-state index is 11.2. The van der Waals surface area contributed by atoms with Crippen LogP contribution in [0.5, 0.6) is 5.75 Å². The van der Waals surface area contributed by atoms with Crippen LogP contribution in [0.3, 0.4) is 0 Å². The zero-order valence-electron chi connectivity index (χ0n) is 12.7. The number of ether oxygens (including phenoxy) is 1. The Balaban J connectivity index is 1.89. The number of amides is 1. The summed E-state index contributed by atoms with van der Waals surface area (Å²) in [5.41, 5.74) is 8.80. The van der Waals surface area contributed by atoms with Crippen LogP contribution in [-0.4, -0.2) is 22.1 Å². The first-order valence-electron chi connectivity index (χ1n) is 7.14. The molecule has 2 rings (SSSR count). The number of nitrogens with zero attached hydrogens (tertiary/aromatic N) is 1. The molecule has 1 amide bonds. The van der Waals surface area contributed by atoms with E-state index in [1.165, 1.54) is 17.6 Å². The summed E-state index contributed by atoms with van der Waals surface area (Å²) in [5, 5.41) is 19.1. The predicted molar refractivity (Wildman–Crippen MR) is 85.5 cm³/mol. The standard InChI is InChI=1S/C16H17N3O5/c17-15(16(20)18-21)9-11-3-7-14(8-4-11)24-10-12-1-5-13(6-2-12)19(22)23/h1-8,15,21H,9-10,17H2,(H,18,20)/t15-/m0/s1. The van der Waals surface area contributed by atoms with Crippen LogP contribution in [0.15, 0.2) is 48.5 Å². The van der Waals surface area contributed by atoms with Gasteiger partial charge in [-0.3, -0.25) is 20.1 Å². The highest BCUT2D eigenvalue weighted by Gasteiger charge is 2.13. The van der Waals surface area contributed by atoms with E-state index in [1.54, 1.807) is 36.4 Å². The number of nitro benzene ring substituents is 1. The molecular formula is C16H17N3O5. The number of nitro groups is 1. The van der Waals surface area contributed by atoms with E-state index < -0.39 is 16.9 Å². The number of non-ortho nitro benzene ring substituents is 1. The van der Waals surface area contributed by atoms with Crippen LogP contribution in [0.2, 0.25) is 0 Å². The van der Waals surface area contributed by atoms with Gasteiger partial charge in [-0.2, -0.15) is 0 Å². The molecule has 0 aliphatic carbocycles. The number of hydroxylamine groups is 1. The summed E-state index contributed by atoms with van der Waals surface area (Å²) in [7, 11) is 0. The molecule has 0 unspecified atom stereocenters. The SMILES string of the molecule is N[C@@H](Cc1ccc(OCc2ccc([N+](=O)[O-])cc2)cc1)C(=O)NO. The molecule has 0 saturated carbocycles. The van der Waals surface area contributed by atoms with Gasteiger partial charge in [-0.05, 0) is 41.8 Å². The van der Waals surface area contributed by atoms with Gasteiger partial charge in [0.1, 0.15) is 12.4 Å². The third kappa shape index (κ3) is 4.77. The van der Waals surface area contributed by atoms with Crippen molar-refractivity contribution in [1.29, 1.82) is 0 Å². The van der Waals surface area contributed by atoms with Crippen LogP contribution < -0.4 is 16.0 Å². The maximum Gasteiger partial charge on any atom is 0.269 e. The Morgan fingerprint density at radius 2 is 1.75 bits per heavy atom. The topological polar surface area (TPSA) is 128 Å². The molecule has 2 aromatic carbocycles. The van der Waals surface area contributed by atoms with E-state index in [0.29, 0.717) is 5.75 Å². The lowest BCUT2D eigenvalue weighted by molar-refractivity contribution is -0.384. The highest BCUT2D eigenvalue weighted by atomic mass is 16.6. The summed E-state index contributed by atoms with van der Waals surface area (Å²) < 4.78 is 5.60. The van der Waals surface area contributed by atoms with Gasteiger partial charge in [-0.25, -0.2) is 5.48 Å². The Morgan fingerprint density at radius 1 is 1.17 bits per heavy atom. The van der Waals surface area contributed by atoms with Crippen molar-refractivity contribution in [2.45, 2.75) is 19.1 Å². The zero-order valence-corrected chi connectivity index (χ0v) is 12.7. The van der Waals surface area contributed by atoms with E-state index in [2.05, 4.69) is 0 Å². The lowest BCUT2D eigenvalue weighted by Crippen LogP contribution is -2.40. The van der Waals surface area contributed by atoms with Crippen molar-refractivity contribution in [3.63, 3.8) is 0 Å². The van der Waals surface area contributed by atoms with Crippen molar-refractivity contribution < 1.29 is 19.7 Å². The van der Waals surface area contributed by atoms with Crippen molar-refractivity contribution in [3.8, 4) is 5.75 Å². The molecule has 0 spiro atoms. The van der Waals surface area contributed by atoms with Crippen LogP contribution in [0, 0.1) is 10.1 Å². The van der Waals surface area contributed by atoms with E-state index in [1.807, 2.05) is 0 Å². The van der Waals surface area contributed by atoms with E-state index in [-0.39, 0.29) is 18.7 Å². The molecule has 8 nitrogen and oxygen atoms in total. The Labute approximate surface area is 138 Å². The van der Waals surface area contributed by atoms with Gasteiger partial charge < -0.3 is 10.5 Å². The van der Waals surface area contributed by atoms with Crippen molar-refractivity contribution in [1.82, 2.24) is 5.48 Å². The molecule has 0 aliphatic rings. The number of benzene rings is 2. The highest BCUT2D eigenvalue weighted by Crippen LogP contribution is 2.17. The number of hydrogen-bond donors (Lipinski definition) is 3. The number of hydrogen-bond acceptors (Lipinski definition) is 6. The number of carbonyl (C=O) groups is 1. The van der Waals surface area contributed by atoms with Crippen molar-refractivity contribution in [2.24, 2.45) is 5.73 Å². The molecule has 0 heterocycles. The summed E-state index contributed by atoms with van der Waals surface area (Å²) in [4.78, 5) is 21.3. The van der Waals surface area contributed by atoms with Crippen molar-refractivity contribution >= 4 is 11.6 Å². The predicted octanol–water partition coefficient (Wildman–Crippen LogP) is 1.55. The molecule has 1 atom stereocenters. The molecule has 0 aliphatic heterocycles. The number of rotatable bonds is 7. The number of carbonyl (C=O) groups excluding carboxylic acids is 1. The van der Waals surface area contributed by atoms with Crippen LogP contribution in [0.4, 0.5) is 5.69 Å². The molecule has 4 N–H and O–H groups in total. The summed E-state index contributed by atoms with van der Waals surface area (Å²) in [6.45, 7) is 0.282. The van der Waals surface area contributed by atoms with Gasteiger partial charge in [0.2, 0.25) is 0 Å². The highest BCUT2D eigenvalue weighted by molar-refractivity contribution is 5.80. The lowest BCUT2D eigenvalue weighted by atomic mass is 10.1. The minimum Gasteiger partial charge on any atom is -0.489 e. The smallest absolute Gasteiger partial charge is 0.269 e. The third-order valence-electron chi connectivity index (χ3n) is 3.38. The quantitative estimate of drug-likeness (QED) is 0.401. The Hall–Kier alpha value is -2.97. The second kappa shape index (κ2) is 8.04. The first-order valence-corrected chi connectivity index (χ1v) is 7.14. The molecule has 8 heteroatoms. The summed E-state index contributed by atoms with van der Waals surface area (Å²) in [6, 6.07) is 12.3. The monoisotopic (exact) mass is 331 g/mol. The molecule has 126 valence electrons. The summed E-state index contributed by atoms with van der Waals surface area (Å²) in [5.74, 6) is -0.0224. The fraction of sp³-hybridized carbons (Fsp3) is 0.188. The molecule has 24 heavy (non-hydrogen) atoms. The average Bonchev–Trinajstić information content (AvgIpc) is 2.60. The Morgan fingerprint density at radius 3 is 2.29 bits per heavy atom. The van der Waals surface area contributed by atoms with Gasteiger partial charge in [0.25, 0.3) is 11.6 Å². The van der Waals surface area contributed by atoms with E-state index in [0.717, 1.165) is 11.1 Å². The van der Waals surface area contributed by atoms with Crippen LogP contribution in [-0.2, 0) is 17.8 Å². The lowest BCUT2D eigenvalue weighted by Gasteiger charge is -2.10. The Kier molecular flexibility index (Phi) is 5.83. The first kappa shape index (κ1) is 17.4. The van der Waals surface area contributed by atoms with Gasteiger partial charge in [0.05, 0.1) is 11.0 Å². The van der Waals surface area contributed by atoms with E-state index >= 15 is 0 Å². The molecule has 0 bridgehead atoms. The van der Waals surface area contributed by atoms with Gasteiger partial charge >= 0.3 is 0 Å². The maximum absolute atomic E-state index is 11.2. The molecule has 0 radical (unpaired) electrons. The third-order valence-corrected chi connectivity index (χ3v) is 3.38. The fourth-order valence-corrected chi connectivity index (χ4v) is 2.03. The molecule has 0 fully saturated rings. The van der Waals surface area contributed by atoms with Gasteiger partial charge in [0, 0.05) is 12.1 Å². The second-order valence-electron chi connectivity index (χ2n) is 5.14. The summed E-state index contributed by atoms with van der Waals surface area (Å²) in [6.07, 6.45) is 0.287. The fourth-order valence-electron chi connectivity index (χ4n) is 2.03. The minimum absolute atomic E-state index is 0.0337. The summed E-state index contributed by atoms with van der Waals surface area (Å²) >= 11 is 0. The average molecular weight is 331 g/mol. The molecular weight excluding hydrogens is 314 g/mol. The Bertz CT molecular complexity index is 701. The van der Waals surface area contributed by atoms with Crippen molar-refractivity contribution in [3.05, 3.63) is 69.8 Å². The van der Waals surface area contributed by atoms with Crippen molar-refractivity contribution in [2.75, 3.05) is 0 Å². The first-order chi connectivity index (χ1) is 11.5. The van der Waals surface area contributed by atoms with E-state index in [4.69, 9.17) is 15.7 Å². The molecule has 2 aromatic rings.